The second-order valence-corrected chi connectivity index (χ2v) is 7.35. The predicted molar refractivity (Wildman–Crippen MR) is 80.8 cm³/mol. The quantitative estimate of drug-likeness (QED) is 0.759. The van der Waals surface area contributed by atoms with Gasteiger partial charge in [0.15, 0.2) is 0 Å². The van der Waals surface area contributed by atoms with Crippen LogP contribution in [0.3, 0.4) is 0 Å². The van der Waals surface area contributed by atoms with E-state index in [-0.39, 0.29) is 11.9 Å². The van der Waals surface area contributed by atoms with Crippen LogP contribution in [0.5, 0.6) is 0 Å². The molecule has 0 aromatic heterocycles. The predicted octanol–water partition coefficient (Wildman–Crippen LogP) is 0.272. The van der Waals surface area contributed by atoms with Crippen LogP contribution in [0.2, 0.25) is 0 Å². The lowest BCUT2D eigenvalue weighted by atomic mass is 10.1. The highest BCUT2D eigenvalue weighted by Crippen LogP contribution is 2.19. The molecule has 0 unspecified atom stereocenters. The van der Waals surface area contributed by atoms with Gasteiger partial charge in [-0.2, -0.15) is 17.4 Å². The number of nitrogens with one attached hydrogen (secondary N) is 2. The summed E-state index contributed by atoms with van der Waals surface area (Å²) in [7, 11) is -0.793. The van der Waals surface area contributed by atoms with Crippen molar-refractivity contribution in [1.29, 1.82) is 0 Å². The summed E-state index contributed by atoms with van der Waals surface area (Å²) in [5, 5.41) is 2.85. The maximum absolute atomic E-state index is 12.2. The molecular formula is C14H21N3O3S. The number of hydrogen-bond acceptors (Lipinski definition) is 3. The molecule has 2 rings (SSSR count). The van der Waals surface area contributed by atoms with Crippen LogP contribution in [0.15, 0.2) is 30.3 Å². The molecule has 0 heterocycles. The fourth-order valence-corrected chi connectivity index (χ4v) is 2.61. The maximum atomic E-state index is 12.2. The zero-order chi connectivity index (χ0) is 15.5. The number of rotatable bonds is 7. The van der Waals surface area contributed by atoms with Crippen molar-refractivity contribution in [3.63, 3.8) is 0 Å². The van der Waals surface area contributed by atoms with Gasteiger partial charge in [0.2, 0.25) is 5.91 Å². The van der Waals surface area contributed by atoms with Crippen LogP contribution in [-0.4, -0.2) is 44.8 Å². The summed E-state index contributed by atoms with van der Waals surface area (Å²) in [6, 6.07) is 8.76. The van der Waals surface area contributed by atoms with Crippen molar-refractivity contribution in [3.05, 3.63) is 35.9 Å². The fourth-order valence-electron chi connectivity index (χ4n) is 1.85. The van der Waals surface area contributed by atoms with Gasteiger partial charge in [-0.05, 0) is 24.8 Å². The normalized spacial score (nSPS) is 16.7. The minimum Gasteiger partial charge on any atom is -0.352 e. The SMILES string of the molecule is CN(C)S(=O)(=O)N[C@H](Cc1ccccc1)C(=O)NC1CC1. The van der Waals surface area contributed by atoms with E-state index in [4.69, 9.17) is 0 Å². The van der Waals surface area contributed by atoms with Gasteiger partial charge < -0.3 is 5.32 Å². The van der Waals surface area contributed by atoms with Gasteiger partial charge in [-0.25, -0.2) is 0 Å². The molecule has 1 amide bonds. The lowest BCUT2D eigenvalue weighted by molar-refractivity contribution is -0.122. The molecule has 1 saturated carbocycles. The maximum Gasteiger partial charge on any atom is 0.279 e. The molecule has 0 aliphatic heterocycles. The van der Waals surface area contributed by atoms with Crippen molar-refractivity contribution in [2.75, 3.05) is 14.1 Å². The molecule has 0 saturated heterocycles. The average Bonchev–Trinajstić information content (AvgIpc) is 3.22. The molecule has 0 spiro atoms. The van der Waals surface area contributed by atoms with Crippen LogP contribution < -0.4 is 10.0 Å². The minimum atomic E-state index is -3.66. The average molecular weight is 311 g/mol. The Morgan fingerprint density at radius 3 is 2.43 bits per heavy atom. The van der Waals surface area contributed by atoms with Gasteiger partial charge >= 0.3 is 0 Å². The lowest BCUT2D eigenvalue weighted by Crippen LogP contribution is -2.51. The Kier molecular flexibility index (Phi) is 4.97. The summed E-state index contributed by atoms with van der Waals surface area (Å²) < 4.78 is 27.5. The molecule has 1 aliphatic carbocycles. The van der Waals surface area contributed by atoms with Gasteiger partial charge in [0.05, 0.1) is 0 Å². The van der Waals surface area contributed by atoms with E-state index in [2.05, 4.69) is 10.0 Å². The molecule has 7 heteroatoms. The molecular weight excluding hydrogens is 290 g/mol. The molecule has 6 nitrogen and oxygen atoms in total. The van der Waals surface area contributed by atoms with Gasteiger partial charge in [-0.15, -0.1) is 0 Å². The molecule has 0 bridgehead atoms. The van der Waals surface area contributed by atoms with Crippen LogP contribution in [-0.2, 0) is 21.4 Å². The molecule has 1 atom stereocenters. The topological polar surface area (TPSA) is 78.5 Å². The van der Waals surface area contributed by atoms with Gasteiger partial charge in [-0.3, -0.25) is 4.79 Å². The van der Waals surface area contributed by atoms with Gasteiger partial charge in [-0.1, -0.05) is 30.3 Å². The molecule has 1 fully saturated rings. The third-order valence-corrected chi connectivity index (χ3v) is 4.84. The Labute approximate surface area is 125 Å². The van der Waals surface area contributed by atoms with Crippen LogP contribution in [0.1, 0.15) is 18.4 Å². The highest BCUT2D eigenvalue weighted by atomic mass is 32.2. The summed E-state index contributed by atoms with van der Waals surface area (Å²) in [6.45, 7) is 0. The van der Waals surface area contributed by atoms with Crippen molar-refractivity contribution in [2.24, 2.45) is 0 Å². The summed E-state index contributed by atoms with van der Waals surface area (Å²) in [5.74, 6) is -0.272. The zero-order valence-corrected chi connectivity index (χ0v) is 13.1. The molecule has 1 aromatic carbocycles. The Morgan fingerprint density at radius 2 is 1.90 bits per heavy atom. The van der Waals surface area contributed by atoms with Gasteiger partial charge in [0, 0.05) is 20.1 Å². The Bertz CT molecular complexity index is 583. The highest BCUT2D eigenvalue weighted by molar-refractivity contribution is 7.87. The fraction of sp³-hybridized carbons (Fsp3) is 0.500. The van der Waals surface area contributed by atoms with Crippen LogP contribution >= 0.6 is 0 Å². The van der Waals surface area contributed by atoms with Crippen molar-refractivity contribution >= 4 is 16.1 Å². The first-order chi connectivity index (χ1) is 9.88. The molecule has 2 N–H and O–H groups in total. The standard InChI is InChI=1S/C14H21N3O3S/c1-17(2)21(19,20)16-13(14(18)15-12-8-9-12)10-11-6-4-3-5-7-11/h3-7,12-13,16H,8-10H2,1-2H3,(H,15,18)/t13-/m1/s1. The summed E-state index contributed by atoms with van der Waals surface area (Å²) in [6.07, 6.45) is 2.25. The monoisotopic (exact) mass is 311 g/mol. The van der Waals surface area contributed by atoms with E-state index in [9.17, 15) is 13.2 Å². The largest absolute Gasteiger partial charge is 0.352 e. The van der Waals surface area contributed by atoms with E-state index in [0.717, 1.165) is 22.7 Å². The first kappa shape index (κ1) is 15.9. The number of nitrogens with zero attached hydrogens (tertiary/aromatic N) is 1. The van der Waals surface area contributed by atoms with Crippen molar-refractivity contribution < 1.29 is 13.2 Å². The zero-order valence-electron chi connectivity index (χ0n) is 12.2. The van der Waals surface area contributed by atoms with E-state index >= 15 is 0 Å². The number of benzene rings is 1. The first-order valence-electron chi connectivity index (χ1n) is 6.92. The van der Waals surface area contributed by atoms with Gasteiger partial charge in [0.25, 0.3) is 10.2 Å². The number of carbonyl (C=O) groups excluding carboxylic acids is 1. The van der Waals surface area contributed by atoms with E-state index < -0.39 is 16.3 Å². The number of carbonyl (C=O) groups is 1. The van der Waals surface area contributed by atoms with Crippen molar-refractivity contribution in [3.8, 4) is 0 Å². The Balaban J connectivity index is 2.11. The molecule has 0 radical (unpaired) electrons. The van der Waals surface area contributed by atoms with E-state index in [1.807, 2.05) is 30.3 Å². The first-order valence-corrected chi connectivity index (χ1v) is 8.36. The minimum absolute atomic E-state index is 0.194. The van der Waals surface area contributed by atoms with E-state index in [1.165, 1.54) is 14.1 Å². The van der Waals surface area contributed by atoms with E-state index in [0.29, 0.717) is 6.42 Å². The second-order valence-electron chi connectivity index (χ2n) is 5.43. The van der Waals surface area contributed by atoms with E-state index in [1.54, 1.807) is 0 Å². The lowest BCUT2D eigenvalue weighted by Gasteiger charge is -2.21. The second kappa shape index (κ2) is 6.55. The molecule has 1 aliphatic rings. The molecule has 116 valence electrons. The number of hydrogen-bond donors (Lipinski definition) is 2. The van der Waals surface area contributed by atoms with Crippen molar-refractivity contribution in [1.82, 2.24) is 14.3 Å². The smallest absolute Gasteiger partial charge is 0.279 e. The summed E-state index contributed by atoms with van der Waals surface area (Å²) >= 11 is 0. The molecule has 21 heavy (non-hydrogen) atoms. The highest BCUT2D eigenvalue weighted by Gasteiger charge is 2.30. The Morgan fingerprint density at radius 1 is 1.29 bits per heavy atom. The van der Waals surface area contributed by atoms with Gasteiger partial charge in [0.1, 0.15) is 6.04 Å². The van der Waals surface area contributed by atoms with Crippen molar-refractivity contribution in [2.45, 2.75) is 31.3 Å². The summed E-state index contributed by atoms with van der Waals surface area (Å²) in [5.41, 5.74) is 0.912. The third-order valence-electron chi connectivity index (χ3n) is 3.29. The number of amides is 1. The van der Waals surface area contributed by atoms with Crippen LogP contribution in [0, 0.1) is 0 Å². The third kappa shape index (κ3) is 4.80. The van der Waals surface area contributed by atoms with Crippen LogP contribution in [0.4, 0.5) is 0 Å². The summed E-state index contributed by atoms with van der Waals surface area (Å²) in [4.78, 5) is 12.2. The Hall–Kier alpha value is -1.44. The van der Waals surface area contributed by atoms with Crippen LogP contribution in [0.25, 0.3) is 0 Å². The molecule has 1 aromatic rings.